The number of rotatable bonds is 3. The summed E-state index contributed by atoms with van der Waals surface area (Å²) in [6, 6.07) is -0.333. The first-order valence-electron chi connectivity index (χ1n) is 4.24. The van der Waals surface area contributed by atoms with E-state index in [9.17, 15) is 9.59 Å². The number of carbonyl (C=O) groups is 2. The minimum atomic E-state index is -0.333. The molecule has 0 aromatic heterocycles. The van der Waals surface area contributed by atoms with Crippen LogP contribution in [-0.4, -0.2) is 46.0 Å². The number of hydrogen-bond acceptors (Lipinski definition) is 4. The fraction of sp³-hybridized carbons (Fsp3) is 0.750. The number of imide groups is 1. The molecule has 0 aromatic rings. The molecule has 1 heterocycles. The van der Waals surface area contributed by atoms with Crippen molar-refractivity contribution in [1.29, 1.82) is 0 Å². The van der Waals surface area contributed by atoms with E-state index in [0.717, 1.165) is 0 Å². The molecule has 0 spiro atoms. The smallest absolute Gasteiger partial charge is 0.239 e. The zero-order valence-corrected chi connectivity index (χ0v) is 8.34. The van der Waals surface area contributed by atoms with Gasteiger partial charge >= 0.3 is 0 Å². The van der Waals surface area contributed by atoms with Gasteiger partial charge in [0.25, 0.3) is 0 Å². The maximum absolute atomic E-state index is 11.3. The van der Waals surface area contributed by atoms with Crippen molar-refractivity contribution < 1.29 is 14.7 Å². The quantitative estimate of drug-likeness (QED) is 0.649. The van der Waals surface area contributed by atoms with Gasteiger partial charge in [0.1, 0.15) is 0 Å². The van der Waals surface area contributed by atoms with Gasteiger partial charge in [-0.1, -0.05) is 6.92 Å². The molecule has 1 aliphatic rings. The zero-order chi connectivity index (χ0) is 9.84. The molecule has 5 heteroatoms. The molecule has 2 amide bonds. The van der Waals surface area contributed by atoms with Crippen LogP contribution in [0.5, 0.6) is 0 Å². The molecule has 74 valence electrons. The van der Waals surface area contributed by atoms with E-state index in [0.29, 0.717) is 17.9 Å². The summed E-state index contributed by atoms with van der Waals surface area (Å²) in [4.78, 5) is 23.9. The summed E-state index contributed by atoms with van der Waals surface area (Å²) < 4.78 is 0. The lowest BCUT2D eigenvalue weighted by atomic mass is 10.2. The zero-order valence-electron chi connectivity index (χ0n) is 7.52. The lowest BCUT2D eigenvalue weighted by Gasteiger charge is -2.30. The number of carbonyl (C=O) groups excluding carboxylic acids is 2. The van der Waals surface area contributed by atoms with Crippen molar-refractivity contribution in [2.24, 2.45) is 0 Å². The summed E-state index contributed by atoms with van der Waals surface area (Å²) in [6.45, 7) is 1.71. The fourth-order valence-corrected chi connectivity index (χ4v) is 2.03. The lowest BCUT2D eigenvalue weighted by Crippen LogP contribution is -2.50. The molecule has 0 aliphatic carbocycles. The SMILES string of the molecule is CC[C@@H](CO)N1C(=O)CSCC1=O. The van der Waals surface area contributed by atoms with E-state index in [1.807, 2.05) is 6.92 Å². The van der Waals surface area contributed by atoms with E-state index in [4.69, 9.17) is 5.11 Å². The van der Waals surface area contributed by atoms with Crippen molar-refractivity contribution in [1.82, 2.24) is 4.90 Å². The minimum absolute atomic E-state index is 0.140. The molecular weight excluding hydrogens is 190 g/mol. The van der Waals surface area contributed by atoms with Crippen LogP contribution >= 0.6 is 11.8 Å². The first kappa shape index (κ1) is 10.5. The van der Waals surface area contributed by atoms with Crippen molar-refractivity contribution in [3.63, 3.8) is 0 Å². The maximum Gasteiger partial charge on any atom is 0.239 e. The normalized spacial score (nSPS) is 20.6. The third-order valence-corrected chi connectivity index (χ3v) is 2.94. The number of aliphatic hydroxyl groups is 1. The molecule has 13 heavy (non-hydrogen) atoms. The van der Waals surface area contributed by atoms with Crippen LogP contribution in [0.2, 0.25) is 0 Å². The van der Waals surface area contributed by atoms with Gasteiger partial charge in [-0.2, -0.15) is 0 Å². The largest absolute Gasteiger partial charge is 0.394 e. The number of amides is 2. The van der Waals surface area contributed by atoms with Gasteiger partial charge in [0.2, 0.25) is 11.8 Å². The van der Waals surface area contributed by atoms with Crippen LogP contribution in [0.1, 0.15) is 13.3 Å². The number of hydrogen-bond donors (Lipinski definition) is 1. The molecule has 0 bridgehead atoms. The third kappa shape index (κ3) is 2.22. The summed E-state index contributed by atoms with van der Waals surface area (Å²) in [5, 5.41) is 8.96. The Labute approximate surface area is 81.3 Å². The van der Waals surface area contributed by atoms with Crippen LogP contribution in [-0.2, 0) is 9.59 Å². The standard InChI is InChI=1S/C8H13NO3S/c1-2-6(3-10)9-7(11)4-13-5-8(9)12/h6,10H,2-5H2,1H3/t6-/m0/s1. The van der Waals surface area contributed by atoms with Gasteiger partial charge in [0, 0.05) is 0 Å². The number of nitrogens with zero attached hydrogens (tertiary/aromatic N) is 1. The van der Waals surface area contributed by atoms with Crippen molar-refractivity contribution in [3.8, 4) is 0 Å². The minimum Gasteiger partial charge on any atom is -0.394 e. The predicted molar refractivity (Wildman–Crippen MR) is 50.3 cm³/mol. The molecule has 1 saturated heterocycles. The summed E-state index contributed by atoms with van der Waals surface area (Å²) in [6.07, 6.45) is 0.610. The van der Waals surface area contributed by atoms with Gasteiger partial charge < -0.3 is 5.11 Å². The van der Waals surface area contributed by atoms with Crippen LogP contribution in [0.25, 0.3) is 0 Å². The van der Waals surface area contributed by atoms with E-state index >= 15 is 0 Å². The van der Waals surface area contributed by atoms with Crippen LogP contribution in [0.3, 0.4) is 0 Å². The van der Waals surface area contributed by atoms with Crippen LogP contribution < -0.4 is 0 Å². The average molecular weight is 203 g/mol. The van der Waals surface area contributed by atoms with Crippen LogP contribution in [0.15, 0.2) is 0 Å². The Hall–Kier alpha value is -0.550. The van der Waals surface area contributed by atoms with Gasteiger partial charge in [0.05, 0.1) is 24.2 Å². The summed E-state index contributed by atoms with van der Waals surface area (Å²) in [7, 11) is 0. The predicted octanol–water partition coefficient (Wildman–Crippen LogP) is -0.141. The first-order chi connectivity index (χ1) is 6.20. The first-order valence-corrected chi connectivity index (χ1v) is 5.39. The topological polar surface area (TPSA) is 57.6 Å². The van der Waals surface area contributed by atoms with Crippen LogP contribution in [0.4, 0.5) is 0 Å². The second-order valence-corrected chi connectivity index (χ2v) is 3.88. The number of thioether (sulfide) groups is 1. The van der Waals surface area contributed by atoms with Crippen molar-refractivity contribution in [3.05, 3.63) is 0 Å². The van der Waals surface area contributed by atoms with Gasteiger partial charge in [-0.15, -0.1) is 11.8 Å². The highest BCUT2D eigenvalue weighted by Crippen LogP contribution is 2.16. The van der Waals surface area contributed by atoms with Crippen LogP contribution in [0, 0.1) is 0 Å². The molecule has 1 atom stereocenters. The molecule has 1 fully saturated rings. The lowest BCUT2D eigenvalue weighted by molar-refractivity contribution is -0.146. The van der Waals surface area contributed by atoms with Gasteiger partial charge in [0.15, 0.2) is 0 Å². The molecule has 0 aromatic carbocycles. The van der Waals surface area contributed by atoms with E-state index in [1.165, 1.54) is 16.7 Å². The highest BCUT2D eigenvalue weighted by atomic mass is 32.2. The monoisotopic (exact) mass is 203 g/mol. The summed E-state index contributed by atoms with van der Waals surface area (Å²) in [5.74, 6) is 0.342. The second-order valence-electron chi connectivity index (χ2n) is 2.89. The Balaban J connectivity index is 2.72. The molecule has 0 saturated carbocycles. The van der Waals surface area contributed by atoms with E-state index in [2.05, 4.69) is 0 Å². The Kier molecular flexibility index (Phi) is 3.74. The Morgan fingerprint density at radius 1 is 1.46 bits per heavy atom. The Morgan fingerprint density at radius 2 is 2.00 bits per heavy atom. The van der Waals surface area contributed by atoms with Gasteiger partial charge in [-0.05, 0) is 6.42 Å². The number of aliphatic hydroxyl groups excluding tert-OH is 1. The maximum atomic E-state index is 11.3. The van der Waals surface area contributed by atoms with Crippen molar-refractivity contribution in [2.45, 2.75) is 19.4 Å². The molecule has 0 radical (unpaired) electrons. The molecular formula is C8H13NO3S. The molecule has 4 nitrogen and oxygen atoms in total. The summed E-state index contributed by atoms with van der Waals surface area (Å²) in [5.41, 5.74) is 0. The molecule has 0 unspecified atom stereocenters. The molecule has 1 rings (SSSR count). The highest BCUT2D eigenvalue weighted by Gasteiger charge is 2.31. The third-order valence-electron chi connectivity index (χ3n) is 2.04. The van der Waals surface area contributed by atoms with E-state index < -0.39 is 0 Å². The highest BCUT2D eigenvalue weighted by molar-refractivity contribution is 8.00. The fourth-order valence-electron chi connectivity index (χ4n) is 1.30. The van der Waals surface area contributed by atoms with Gasteiger partial charge in [-0.25, -0.2) is 0 Å². The Bertz CT molecular complexity index is 199. The molecule has 1 aliphatic heterocycles. The van der Waals surface area contributed by atoms with E-state index in [-0.39, 0.29) is 24.5 Å². The Morgan fingerprint density at radius 3 is 2.38 bits per heavy atom. The van der Waals surface area contributed by atoms with Crippen molar-refractivity contribution in [2.75, 3.05) is 18.1 Å². The second kappa shape index (κ2) is 4.62. The molecule has 1 N–H and O–H groups in total. The van der Waals surface area contributed by atoms with Gasteiger partial charge in [-0.3, -0.25) is 14.5 Å². The van der Waals surface area contributed by atoms with Crippen molar-refractivity contribution >= 4 is 23.6 Å². The average Bonchev–Trinajstić information content (AvgIpc) is 2.11. The summed E-state index contributed by atoms with van der Waals surface area (Å²) >= 11 is 1.33. The van der Waals surface area contributed by atoms with E-state index in [1.54, 1.807) is 0 Å².